The first-order chi connectivity index (χ1) is 12.5. The molecule has 5 nitrogen and oxygen atoms in total. The van der Waals surface area contributed by atoms with Gasteiger partial charge in [-0.05, 0) is 49.2 Å². The Labute approximate surface area is 154 Å². The highest BCUT2D eigenvalue weighted by atomic mass is 16.2. The smallest absolute Gasteiger partial charge is 0.282 e. The van der Waals surface area contributed by atoms with Gasteiger partial charge in [-0.1, -0.05) is 30.3 Å². The van der Waals surface area contributed by atoms with Crippen molar-refractivity contribution in [1.29, 1.82) is 0 Å². The van der Waals surface area contributed by atoms with Gasteiger partial charge >= 0.3 is 0 Å². The van der Waals surface area contributed by atoms with Gasteiger partial charge in [-0.25, -0.2) is 0 Å². The van der Waals surface area contributed by atoms with E-state index >= 15 is 0 Å². The maximum atomic E-state index is 13.1. The van der Waals surface area contributed by atoms with E-state index in [4.69, 9.17) is 0 Å². The molecule has 0 saturated heterocycles. The fourth-order valence-corrected chi connectivity index (χ4v) is 2.96. The number of carbonyl (C=O) groups excluding carboxylic acids is 1. The Balaban J connectivity index is 2.02. The van der Waals surface area contributed by atoms with E-state index in [0.29, 0.717) is 11.4 Å². The Morgan fingerprint density at radius 2 is 1.73 bits per heavy atom. The van der Waals surface area contributed by atoms with Crippen molar-refractivity contribution >= 4 is 28.7 Å². The number of hydrazone groups is 1. The van der Waals surface area contributed by atoms with Crippen LogP contribution in [-0.4, -0.2) is 37.3 Å². The topological polar surface area (TPSA) is 47.9 Å². The monoisotopic (exact) mass is 348 g/mol. The van der Waals surface area contributed by atoms with Gasteiger partial charge in [0.05, 0.1) is 11.3 Å². The highest BCUT2D eigenvalue weighted by molar-refractivity contribution is 6.33. The minimum absolute atomic E-state index is 0.104. The van der Waals surface area contributed by atoms with E-state index in [9.17, 15) is 4.79 Å². The summed E-state index contributed by atoms with van der Waals surface area (Å²) < 4.78 is 0. The lowest BCUT2D eigenvalue weighted by molar-refractivity contribution is -0.114. The molecule has 1 amide bonds. The number of anilines is 2. The molecule has 26 heavy (non-hydrogen) atoms. The van der Waals surface area contributed by atoms with Gasteiger partial charge in [-0.2, -0.15) is 5.01 Å². The van der Waals surface area contributed by atoms with Gasteiger partial charge in [0.1, 0.15) is 0 Å². The first-order valence-electron chi connectivity index (χ1n) is 8.74. The minimum Gasteiger partial charge on any atom is -0.385 e. The number of nitrogens with zero attached hydrogens (tertiary/aromatic N) is 3. The molecule has 0 atom stereocenters. The number of hydrogen-bond acceptors (Lipinski definition) is 4. The second-order valence-corrected chi connectivity index (χ2v) is 6.38. The first kappa shape index (κ1) is 17.7. The zero-order chi connectivity index (χ0) is 18.7. The number of para-hydroxylation sites is 1. The van der Waals surface area contributed by atoms with Crippen LogP contribution in [0.1, 0.15) is 19.4 Å². The van der Waals surface area contributed by atoms with Crippen molar-refractivity contribution in [2.45, 2.75) is 13.8 Å². The lowest BCUT2D eigenvalue weighted by Crippen LogP contribution is -2.25. The summed E-state index contributed by atoms with van der Waals surface area (Å²) >= 11 is 0. The molecule has 0 fully saturated rings. The normalized spacial score (nSPS) is 15.8. The number of rotatable bonds is 4. The predicted octanol–water partition coefficient (Wildman–Crippen LogP) is 3.81. The van der Waals surface area contributed by atoms with Crippen molar-refractivity contribution in [2.24, 2.45) is 5.10 Å². The van der Waals surface area contributed by atoms with Gasteiger partial charge in [0.15, 0.2) is 5.84 Å². The molecule has 2 aromatic carbocycles. The summed E-state index contributed by atoms with van der Waals surface area (Å²) in [6, 6.07) is 17.6. The standard InChI is InChI=1S/C21H24N4O/c1-5-22-17-13-11-16(12-14-17)15(2)19-20(24(3)4)23-25(21(19)26)18-9-7-6-8-10-18/h6-14,22H,5H2,1-4H3. The van der Waals surface area contributed by atoms with Gasteiger partial charge in [0.25, 0.3) is 5.91 Å². The molecular formula is C21H24N4O. The molecule has 0 spiro atoms. The zero-order valence-corrected chi connectivity index (χ0v) is 15.7. The minimum atomic E-state index is -0.104. The molecule has 0 radical (unpaired) electrons. The van der Waals surface area contributed by atoms with E-state index in [1.807, 2.05) is 80.5 Å². The largest absolute Gasteiger partial charge is 0.385 e. The summed E-state index contributed by atoms with van der Waals surface area (Å²) in [6.07, 6.45) is 0. The average molecular weight is 348 g/mol. The molecule has 0 aromatic heterocycles. The Bertz CT molecular complexity index is 851. The molecule has 2 aromatic rings. The number of carbonyl (C=O) groups is 1. The summed E-state index contributed by atoms with van der Waals surface area (Å²) in [6.45, 7) is 4.92. The molecule has 1 N–H and O–H groups in total. The number of amidine groups is 1. The maximum absolute atomic E-state index is 13.1. The van der Waals surface area contributed by atoms with E-state index in [1.165, 1.54) is 5.01 Å². The molecule has 5 heteroatoms. The highest BCUT2D eigenvalue weighted by Crippen LogP contribution is 2.30. The first-order valence-corrected chi connectivity index (χ1v) is 8.74. The number of benzene rings is 2. The number of likely N-dealkylation sites (N-methyl/N-ethyl adjacent to an activating group) is 1. The Morgan fingerprint density at radius 3 is 2.31 bits per heavy atom. The number of allylic oxidation sites excluding steroid dienone is 1. The molecule has 1 aliphatic rings. The van der Waals surface area contributed by atoms with Gasteiger partial charge in [-0.3, -0.25) is 4.79 Å². The maximum Gasteiger partial charge on any atom is 0.282 e. The summed E-state index contributed by atoms with van der Waals surface area (Å²) in [5.74, 6) is 0.570. The quantitative estimate of drug-likeness (QED) is 0.855. The molecule has 0 aliphatic carbocycles. The third-order valence-corrected chi connectivity index (χ3v) is 4.32. The summed E-state index contributed by atoms with van der Waals surface area (Å²) in [5.41, 5.74) is 4.40. The van der Waals surface area contributed by atoms with Crippen LogP contribution in [0.15, 0.2) is 65.3 Å². The van der Waals surface area contributed by atoms with Crippen LogP contribution in [0, 0.1) is 0 Å². The van der Waals surface area contributed by atoms with Crippen molar-refractivity contribution in [3.8, 4) is 0 Å². The van der Waals surface area contributed by atoms with E-state index < -0.39 is 0 Å². The van der Waals surface area contributed by atoms with Gasteiger partial charge in [-0.15, -0.1) is 5.10 Å². The average Bonchev–Trinajstić information content (AvgIpc) is 3.00. The zero-order valence-electron chi connectivity index (χ0n) is 15.7. The molecular weight excluding hydrogens is 324 g/mol. The molecule has 0 saturated carbocycles. The fraction of sp³-hybridized carbons (Fsp3) is 0.238. The third kappa shape index (κ3) is 3.33. The van der Waals surface area contributed by atoms with Crippen molar-refractivity contribution in [1.82, 2.24) is 4.90 Å². The second kappa shape index (κ2) is 7.44. The van der Waals surface area contributed by atoms with Crippen molar-refractivity contribution in [3.05, 3.63) is 65.7 Å². The lowest BCUT2D eigenvalue weighted by Gasteiger charge is -2.14. The summed E-state index contributed by atoms with van der Waals surface area (Å²) in [5, 5.41) is 9.33. The van der Waals surface area contributed by atoms with E-state index in [-0.39, 0.29) is 5.91 Å². The lowest BCUT2D eigenvalue weighted by atomic mass is 9.99. The summed E-state index contributed by atoms with van der Waals surface area (Å²) in [4.78, 5) is 15.0. The number of hydrogen-bond donors (Lipinski definition) is 1. The summed E-state index contributed by atoms with van der Waals surface area (Å²) in [7, 11) is 3.81. The number of nitrogens with one attached hydrogen (secondary N) is 1. The fourth-order valence-electron chi connectivity index (χ4n) is 2.96. The third-order valence-electron chi connectivity index (χ3n) is 4.32. The Morgan fingerprint density at radius 1 is 1.08 bits per heavy atom. The van der Waals surface area contributed by atoms with Crippen LogP contribution >= 0.6 is 0 Å². The van der Waals surface area contributed by atoms with Gasteiger partial charge in [0, 0.05) is 26.3 Å². The molecule has 3 rings (SSSR count). The van der Waals surface area contributed by atoms with E-state index in [2.05, 4.69) is 17.3 Å². The Hall–Kier alpha value is -3.08. The van der Waals surface area contributed by atoms with Crippen LogP contribution < -0.4 is 10.3 Å². The van der Waals surface area contributed by atoms with Crippen molar-refractivity contribution in [2.75, 3.05) is 31.0 Å². The van der Waals surface area contributed by atoms with Crippen molar-refractivity contribution < 1.29 is 4.79 Å². The number of amides is 1. The highest BCUT2D eigenvalue weighted by Gasteiger charge is 2.34. The molecule has 1 heterocycles. The van der Waals surface area contributed by atoms with Crippen LogP contribution in [0.3, 0.4) is 0 Å². The second-order valence-electron chi connectivity index (χ2n) is 6.38. The molecule has 134 valence electrons. The van der Waals surface area contributed by atoms with Crippen LogP contribution in [-0.2, 0) is 4.79 Å². The van der Waals surface area contributed by atoms with E-state index in [1.54, 1.807) is 0 Å². The van der Waals surface area contributed by atoms with Crippen LogP contribution in [0.2, 0.25) is 0 Å². The molecule has 0 unspecified atom stereocenters. The SMILES string of the molecule is CCNc1ccc(C(C)=C2C(=O)N(c3ccccc3)N=C2N(C)C)cc1. The van der Waals surface area contributed by atoms with Crippen LogP contribution in [0.4, 0.5) is 11.4 Å². The van der Waals surface area contributed by atoms with E-state index in [0.717, 1.165) is 29.1 Å². The van der Waals surface area contributed by atoms with Crippen LogP contribution in [0.5, 0.6) is 0 Å². The van der Waals surface area contributed by atoms with Gasteiger partial charge in [0.2, 0.25) is 0 Å². The predicted molar refractivity (Wildman–Crippen MR) is 108 cm³/mol. The molecule has 1 aliphatic heterocycles. The van der Waals surface area contributed by atoms with Crippen LogP contribution in [0.25, 0.3) is 5.57 Å². The van der Waals surface area contributed by atoms with Crippen molar-refractivity contribution in [3.63, 3.8) is 0 Å². The molecule has 0 bridgehead atoms. The Kier molecular flexibility index (Phi) is 5.07. The van der Waals surface area contributed by atoms with Gasteiger partial charge < -0.3 is 10.2 Å².